The van der Waals surface area contributed by atoms with Crippen molar-refractivity contribution in [2.45, 2.75) is 52.5 Å². The highest BCUT2D eigenvalue weighted by molar-refractivity contribution is 7.90. The van der Waals surface area contributed by atoms with Crippen molar-refractivity contribution < 1.29 is 22.3 Å². The summed E-state index contributed by atoms with van der Waals surface area (Å²) in [4.78, 5) is 17.6. The lowest BCUT2D eigenvalue weighted by Gasteiger charge is -2.19. The van der Waals surface area contributed by atoms with Crippen molar-refractivity contribution in [3.05, 3.63) is 59.7 Å². The molecule has 1 aromatic carbocycles. The van der Waals surface area contributed by atoms with Gasteiger partial charge in [-0.25, -0.2) is 9.11 Å². The minimum absolute atomic E-state index is 0.0515. The van der Waals surface area contributed by atoms with Crippen LogP contribution in [0, 0.1) is 17.2 Å². The van der Waals surface area contributed by atoms with Crippen LogP contribution in [0.3, 0.4) is 0 Å². The van der Waals surface area contributed by atoms with Gasteiger partial charge in [0, 0.05) is 11.6 Å². The number of hydrogen-bond donors (Lipinski definition) is 2. The van der Waals surface area contributed by atoms with E-state index in [0.717, 1.165) is 0 Å². The van der Waals surface area contributed by atoms with E-state index in [1.54, 1.807) is 12.1 Å². The van der Waals surface area contributed by atoms with E-state index in [1.165, 1.54) is 30.5 Å². The van der Waals surface area contributed by atoms with Crippen molar-refractivity contribution in [1.29, 1.82) is 0 Å². The molecule has 3 aromatic rings. The lowest BCUT2D eigenvalue weighted by molar-refractivity contribution is 0.0979. The van der Waals surface area contributed by atoms with Crippen LogP contribution >= 0.6 is 0 Å². The Labute approximate surface area is 205 Å². The summed E-state index contributed by atoms with van der Waals surface area (Å²) in [6.07, 6.45) is 2.40. The minimum atomic E-state index is -4.12. The zero-order valence-electron chi connectivity index (χ0n) is 20.6. The Kier molecular flexibility index (Phi) is 7.94. The summed E-state index contributed by atoms with van der Waals surface area (Å²) in [6, 6.07) is 8.69. The second-order valence-corrected chi connectivity index (χ2v) is 11.6. The number of ether oxygens (including phenoxy) is 1. The summed E-state index contributed by atoms with van der Waals surface area (Å²) >= 11 is 0. The summed E-state index contributed by atoms with van der Waals surface area (Å²) in [5, 5.41) is 5.73. The van der Waals surface area contributed by atoms with Gasteiger partial charge in [0.25, 0.3) is 15.9 Å². The van der Waals surface area contributed by atoms with Gasteiger partial charge in [-0.05, 0) is 54.5 Å². The molecule has 2 aromatic heterocycles. The van der Waals surface area contributed by atoms with Gasteiger partial charge in [-0.1, -0.05) is 34.6 Å². The van der Waals surface area contributed by atoms with Gasteiger partial charge in [0.15, 0.2) is 5.03 Å². The Morgan fingerprint density at radius 2 is 1.91 bits per heavy atom. The number of carbonyl (C=O) groups excluding carboxylic acids is 1. The van der Waals surface area contributed by atoms with Crippen molar-refractivity contribution >= 4 is 15.9 Å². The van der Waals surface area contributed by atoms with Gasteiger partial charge in [-0.2, -0.15) is 13.5 Å². The lowest BCUT2D eigenvalue weighted by atomic mass is 9.89. The molecule has 3 rings (SSSR count). The van der Waals surface area contributed by atoms with Crippen molar-refractivity contribution in [1.82, 2.24) is 19.9 Å². The van der Waals surface area contributed by atoms with Crippen LogP contribution in [0.2, 0.25) is 0 Å². The Morgan fingerprint density at radius 3 is 2.54 bits per heavy atom. The molecule has 8 nitrogen and oxygen atoms in total. The standard InChI is InChI=1S/C25H31FN4O4S/c1-16(2)15-34-19-13-17(12-18(26)14-19)21-7-6-20(22(28-21)8-10-25(3,4)5)24(31)30-35(32,33)23-9-11-27-29-23/h6-7,9,11-14,16H,8,10,15H2,1-5H3,(H,27,29)(H,30,31). The predicted octanol–water partition coefficient (Wildman–Crippen LogP) is 4.74. The molecule has 0 aliphatic carbocycles. The molecule has 0 spiro atoms. The molecule has 0 unspecified atom stereocenters. The first-order chi connectivity index (χ1) is 16.3. The molecule has 2 heterocycles. The third-order valence-corrected chi connectivity index (χ3v) is 6.33. The smallest absolute Gasteiger partial charge is 0.281 e. The number of carbonyl (C=O) groups is 1. The molecule has 1 amide bonds. The first-order valence-corrected chi connectivity index (χ1v) is 12.8. The Balaban J connectivity index is 1.97. The molecular formula is C25H31FN4O4S. The number of aromatic amines is 1. The number of sulfonamides is 1. The number of hydrogen-bond acceptors (Lipinski definition) is 6. The van der Waals surface area contributed by atoms with Crippen LogP contribution in [0.4, 0.5) is 4.39 Å². The van der Waals surface area contributed by atoms with Crippen LogP contribution in [0.25, 0.3) is 11.3 Å². The molecule has 188 valence electrons. The highest BCUT2D eigenvalue weighted by atomic mass is 32.2. The molecule has 35 heavy (non-hydrogen) atoms. The largest absolute Gasteiger partial charge is 0.493 e. The monoisotopic (exact) mass is 502 g/mol. The normalized spacial score (nSPS) is 12.1. The minimum Gasteiger partial charge on any atom is -0.493 e. The van der Waals surface area contributed by atoms with E-state index in [9.17, 15) is 17.6 Å². The Hall–Kier alpha value is -3.27. The number of amides is 1. The maximum Gasteiger partial charge on any atom is 0.281 e. The van der Waals surface area contributed by atoms with Crippen LogP contribution in [0.5, 0.6) is 5.75 Å². The van der Waals surface area contributed by atoms with E-state index in [0.29, 0.717) is 42.1 Å². The van der Waals surface area contributed by atoms with Crippen LogP contribution < -0.4 is 9.46 Å². The molecule has 2 N–H and O–H groups in total. The van der Waals surface area contributed by atoms with Crippen LogP contribution in [0.1, 0.15) is 57.1 Å². The zero-order chi connectivity index (χ0) is 25.8. The number of aromatic nitrogens is 3. The van der Waals surface area contributed by atoms with E-state index >= 15 is 0 Å². The van der Waals surface area contributed by atoms with Crippen molar-refractivity contribution in [2.75, 3.05) is 6.61 Å². The van der Waals surface area contributed by atoms with E-state index < -0.39 is 21.7 Å². The second-order valence-electron chi connectivity index (χ2n) is 9.99. The molecule has 0 bridgehead atoms. The number of nitrogens with one attached hydrogen (secondary N) is 2. The number of pyridine rings is 1. The molecule has 0 atom stereocenters. The topological polar surface area (TPSA) is 114 Å². The summed E-state index contributed by atoms with van der Waals surface area (Å²) < 4.78 is 47.1. The van der Waals surface area contributed by atoms with Crippen molar-refractivity contribution in [3.8, 4) is 17.0 Å². The predicted molar refractivity (Wildman–Crippen MR) is 131 cm³/mol. The van der Waals surface area contributed by atoms with Gasteiger partial charge in [-0.15, -0.1) is 0 Å². The zero-order valence-corrected chi connectivity index (χ0v) is 21.4. The molecule has 0 saturated carbocycles. The fourth-order valence-electron chi connectivity index (χ4n) is 3.23. The molecule has 0 fully saturated rings. The highest BCUT2D eigenvalue weighted by Crippen LogP contribution is 2.28. The second kappa shape index (κ2) is 10.6. The third-order valence-electron chi connectivity index (χ3n) is 5.07. The van der Waals surface area contributed by atoms with Gasteiger partial charge in [0.1, 0.15) is 11.6 Å². The number of H-pyrrole nitrogens is 1. The Bertz CT molecular complexity index is 1280. The Morgan fingerprint density at radius 1 is 1.17 bits per heavy atom. The van der Waals surface area contributed by atoms with Gasteiger partial charge in [0.05, 0.1) is 29.8 Å². The lowest BCUT2D eigenvalue weighted by Crippen LogP contribution is -2.32. The number of rotatable bonds is 9. The van der Waals surface area contributed by atoms with Crippen LogP contribution in [-0.2, 0) is 16.4 Å². The van der Waals surface area contributed by atoms with E-state index in [2.05, 4.69) is 40.7 Å². The number of aryl methyl sites for hydroxylation is 1. The average molecular weight is 503 g/mol. The van der Waals surface area contributed by atoms with Gasteiger partial charge in [-0.3, -0.25) is 14.9 Å². The summed E-state index contributed by atoms with van der Waals surface area (Å²) in [5.41, 5.74) is 1.45. The quantitative estimate of drug-likeness (QED) is 0.437. The summed E-state index contributed by atoms with van der Waals surface area (Å²) in [5.74, 6) is -0.603. The molecule has 0 saturated heterocycles. The maximum atomic E-state index is 14.3. The third kappa shape index (κ3) is 7.35. The van der Waals surface area contributed by atoms with Gasteiger partial charge in [0.2, 0.25) is 0 Å². The van der Waals surface area contributed by atoms with Crippen LogP contribution in [0.15, 0.2) is 47.6 Å². The van der Waals surface area contributed by atoms with Gasteiger partial charge >= 0.3 is 0 Å². The molecular weight excluding hydrogens is 471 g/mol. The molecule has 0 radical (unpaired) electrons. The number of halogens is 1. The molecule has 0 aliphatic rings. The van der Waals surface area contributed by atoms with E-state index in [-0.39, 0.29) is 21.9 Å². The van der Waals surface area contributed by atoms with Crippen molar-refractivity contribution in [2.24, 2.45) is 11.3 Å². The molecule has 10 heteroatoms. The van der Waals surface area contributed by atoms with Crippen LogP contribution in [-0.4, -0.2) is 36.1 Å². The first kappa shape index (κ1) is 26.3. The van der Waals surface area contributed by atoms with E-state index in [1.807, 2.05) is 13.8 Å². The summed E-state index contributed by atoms with van der Waals surface area (Å²) in [6.45, 7) is 10.6. The fourth-order valence-corrected chi connectivity index (χ4v) is 4.11. The number of benzene rings is 1. The maximum absolute atomic E-state index is 14.3. The SMILES string of the molecule is CC(C)COc1cc(F)cc(-c2ccc(C(=O)NS(=O)(=O)c3ccn[nH]3)c(CCC(C)(C)C)n2)c1. The first-order valence-electron chi connectivity index (χ1n) is 11.3. The van der Waals surface area contributed by atoms with E-state index in [4.69, 9.17) is 4.74 Å². The molecule has 0 aliphatic heterocycles. The van der Waals surface area contributed by atoms with Gasteiger partial charge < -0.3 is 4.74 Å². The highest BCUT2D eigenvalue weighted by Gasteiger charge is 2.23. The van der Waals surface area contributed by atoms with Crippen molar-refractivity contribution in [3.63, 3.8) is 0 Å². The summed E-state index contributed by atoms with van der Waals surface area (Å²) in [7, 11) is -4.12. The number of nitrogens with zero attached hydrogens (tertiary/aromatic N) is 2. The fraction of sp³-hybridized carbons (Fsp3) is 0.400. The average Bonchev–Trinajstić information content (AvgIpc) is 3.31.